The van der Waals surface area contributed by atoms with E-state index in [0.29, 0.717) is 5.56 Å². The van der Waals surface area contributed by atoms with Gasteiger partial charge in [0.05, 0.1) is 0 Å². The van der Waals surface area contributed by atoms with Crippen molar-refractivity contribution in [3.8, 4) is 0 Å². The first-order valence-electron chi connectivity index (χ1n) is 3.64. The molecule has 0 unspecified atom stereocenters. The van der Waals surface area contributed by atoms with Gasteiger partial charge in [-0.25, -0.2) is 0 Å². The first-order chi connectivity index (χ1) is 4.93. The number of hydrogen-bond donors (Lipinski definition) is 1. The van der Waals surface area contributed by atoms with E-state index in [2.05, 4.69) is 10.2 Å². The number of hydrogen-bond acceptors (Lipinski definition) is 1. The van der Waals surface area contributed by atoms with Gasteiger partial charge in [-0.3, -0.25) is 5.10 Å². The zero-order valence-electron chi connectivity index (χ0n) is 7.33. The summed E-state index contributed by atoms with van der Waals surface area (Å²) >= 11 is 0. The van der Waals surface area contributed by atoms with E-state index < -0.39 is 5.95 Å². The van der Waals surface area contributed by atoms with Crippen molar-refractivity contribution in [2.24, 2.45) is 0 Å². The average molecular weight is 156 g/mol. The van der Waals surface area contributed by atoms with Crippen LogP contribution < -0.4 is 0 Å². The second-order valence-electron chi connectivity index (χ2n) is 3.76. The molecule has 62 valence electrons. The zero-order valence-corrected chi connectivity index (χ0v) is 7.33. The Morgan fingerprint density at radius 2 is 1.91 bits per heavy atom. The van der Waals surface area contributed by atoms with E-state index in [-0.39, 0.29) is 5.41 Å². The third kappa shape index (κ3) is 1.42. The maximum atomic E-state index is 12.7. The molecular formula is C8H13FN2. The molecule has 0 saturated carbocycles. The summed E-state index contributed by atoms with van der Waals surface area (Å²) in [6.07, 6.45) is 0. The maximum Gasteiger partial charge on any atom is 0.235 e. The zero-order chi connectivity index (χ0) is 8.65. The van der Waals surface area contributed by atoms with Crippen LogP contribution in [0.5, 0.6) is 0 Å². The summed E-state index contributed by atoms with van der Waals surface area (Å²) in [4.78, 5) is 0. The normalized spacial score (nSPS) is 12.1. The van der Waals surface area contributed by atoms with Crippen LogP contribution in [0.3, 0.4) is 0 Å². The molecule has 0 aromatic carbocycles. The van der Waals surface area contributed by atoms with E-state index >= 15 is 0 Å². The predicted octanol–water partition coefficient (Wildman–Crippen LogP) is 2.15. The summed E-state index contributed by atoms with van der Waals surface area (Å²) in [5.41, 5.74) is 1.44. The number of aromatic nitrogens is 2. The highest BCUT2D eigenvalue weighted by atomic mass is 19.1. The van der Waals surface area contributed by atoms with Gasteiger partial charge in [0.15, 0.2) is 0 Å². The Labute approximate surface area is 65.8 Å². The molecule has 11 heavy (non-hydrogen) atoms. The first kappa shape index (κ1) is 8.24. The lowest BCUT2D eigenvalue weighted by Gasteiger charge is -2.16. The lowest BCUT2D eigenvalue weighted by molar-refractivity contribution is 0.563. The molecule has 0 radical (unpaired) electrons. The lowest BCUT2D eigenvalue weighted by Crippen LogP contribution is -2.13. The average Bonchev–Trinajstić information content (AvgIpc) is 2.11. The van der Waals surface area contributed by atoms with E-state index in [1.165, 1.54) is 0 Å². The van der Waals surface area contributed by atoms with Crippen molar-refractivity contribution in [2.45, 2.75) is 33.1 Å². The molecule has 3 heteroatoms. The molecule has 1 rings (SSSR count). The van der Waals surface area contributed by atoms with Crippen LogP contribution in [0.15, 0.2) is 0 Å². The summed E-state index contributed by atoms with van der Waals surface area (Å²) in [6, 6.07) is 0. The first-order valence-corrected chi connectivity index (χ1v) is 3.64. The second kappa shape index (κ2) is 2.32. The largest absolute Gasteiger partial charge is 0.279 e. The standard InChI is InChI=1S/C8H13FN2/c1-5-6(8(2,3)4)10-11-7(5)9/h1-4H3,(H,10,11). The monoisotopic (exact) mass is 156 g/mol. The predicted molar refractivity (Wildman–Crippen MR) is 42.0 cm³/mol. The summed E-state index contributed by atoms with van der Waals surface area (Å²) in [6.45, 7) is 7.80. The number of aromatic amines is 1. The molecule has 0 amide bonds. The van der Waals surface area contributed by atoms with Crippen molar-refractivity contribution in [1.82, 2.24) is 10.2 Å². The Bertz CT molecular complexity index is 258. The van der Waals surface area contributed by atoms with E-state index in [0.717, 1.165) is 5.69 Å². The van der Waals surface area contributed by atoms with Gasteiger partial charge in [-0.05, 0) is 6.92 Å². The van der Waals surface area contributed by atoms with E-state index in [1.807, 2.05) is 20.8 Å². The summed E-state index contributed by atoms with van der Waals surface area (Å²) < 4.78 is 12.7. The topological polar surface area (TPSA) is 28.7 Å². The van der Waals surface area contributed by atoms with Crippen LogP contribution in [0.25, 0.3) is 0 Å². The molecule has 0 atom stereocenters. The minimum Gasteiger partial charge on any atom is -0.279 e. The minimum atomic E-state index is -0.394. The molecule has 0 saturated heterocycles. The molecule has 0 fully saturated rings. The smallest absolute Gasteiger partial charge is 0.235 e. The van der Waals surface area contributed by atoms with E-state index in [4.69, 9.17) is 0 Å². The van der Waals surface area contributed by atoms with Crippen LogP contribution in [-0.4, -0.2) is 10.2 Å². The fraction of sp³-hybridized carbons (Fsp3) is 0.625. The molecule has 1 aromatic rings. The van der Waals surface area contributed by atoms with Crippen LogP contribution in [0.4, 0.5) is 4.39 Å². The second-order valence-corrected chi connectivity index (χ2v) is 3.76. The Hall–Kier alpha value is -0.860. The highest BCUT2D eigenvalue weighted by molar-refractivity contribution is 5.22. The Morgan fingerprint density at radius 3 is 2.09 bits per heavy atom. The fourth-order valence-corrected chi connectivity index (χ4v) is 1.11. The molecule has 0 aliphatic carbocycles. The van der Waals surface area contributed by atoms with Gasteiger partial charge in [0, 0.05) is 16.7 Å². The number of H-pyrrole nitrogens is 1. The van der Waals surface area contributed by atoms with Crippen LogP contribution in [-0.2, 0) is 5.41 Å². The molecule has 0 bridgehead atoms. The van der Waals surface area contributed by atoms with Crippen LogP contribution in [0.2, 0.25) is 0 Å². The molecular weight excluding hydrogens is 143 g/mol. The van der Waals surface area contributed by atoms with Crippen LogP contribution in [0, 0.1) is 12.9 Å². The van der Waals surface area contributed by atoms with Gasteiger partial charge >= 0.3 is 0 Å². The SMILES string of the molecule is Cc1c(F)n[nH]c1C(C)(C)C. The number of halogens is 1. The molecule has 0 spiro atoms. The Morgan fingerprint density at radius 1 is 1.36 bits per heavy atom. The van der Waals surface area contributed by atoms with Crippen LogP contribution >= 0.6 is 0 Å². The van der Waals surface area contributed by atoms with E-state index in [9.17, 15) is 4.39 Å². The summed E-state index contributed by atoms with van der Waals surface area (Å²) in [7, 11) is 0. The van der Waals surface area contributed by atoms with Gasteiger partial charge in [-0.1, -0.05) is 20.8 Å². The molecule has 1 aromatic heterocycles. The molecule has 1 heterocycles. The number of nitrogens with zero attached hydrogens (tertiary/aromatic N) is 1. The van der Waals surface area contributed by atoms with Crippen LogP contribution in [0.1, 0.15) is 32.0 Å². The van der Waals surface area contributed by atoms with Gasteiger partial charge in [0.1, 0.15) is 0 Å². The maximum absolute atomic E-state index is 12.7. The van der Waals surface area contributed by atoms with Crippen molar-refractivity contribution >= 4 is 0 Å². The molecule has 1 N–H and O–H groups in total. The van der Waals surface area contributed by atoms with Crippen molar-refractivity contribution in [3.05, 3.63) is 17.2 Å². The molecule has 0 aliphatic heterocycles. The molecule has 2 nitrogen and oxygen atoms in total. The molecule has 0 aliphatic rings. The minimum absolute atomic E-state index is 0.0541. The van der Waals surface area contributed by atoms with Gasteiger partial charge in [-0.15, -0.1) is 5.10 Å². The Kier molecular flexibility index (Phi) is 1.74. The highest BCUT2D eigenvalue weighted by Crippen LogP contribution is 2.23. The van der Waals surface area contributed by atoms with Gasteiger partial charge in [-0.2, -0.15) is 4.39 Å². The summed E-state index contributed by atoms with van der Waals surface area (Å²) in [5, 5.41) is 6.18. The third-order valence-corrected chi connectivity index (χ3v) is 1.70. The van der Waals surface area contributed by atoms with Crippen molar-refractivity contribution in [1.29, 1.82) is 0 Å². The Balaban J connectivity index is 3.15. The van der Waals surface area contributed by atoms with Gasteiger partial charge < -0.3 is 0 Å². The number of nitrogens with one attached hydrogen (secondary N) is 1. The van der Waals surface area contributed by atoms with Crippen molar-refractivity contribution in [2.75, 3.05) is 0 Å². The van der Waals surface area contributed by atoms with E-state index in [1.54, 1.807) is 6.92 Å². The van der Waals surface area contributed by atoms with Crippen molar-refractivity contribution < 1.29 is 4.39 Å². The van der Waals surface area contributed by atoms with Gasteiger partial charge in [0.25, 0.3) is 0 Å². The fourth-order valence-electron chi connectivity index (χ4n) is 1.11. The van der Waals surface area contributed by atoms with Crippen molar-refractivity contribution in [3.63, 3.8) is 0 Å². The quantitative estimate of drug-likeness (QED) is 0.612. The summed E-state index contributed by atoms with van der Waals surface area (Å²) in [5.74, 6) is -0.394. The number of rotatable bonds is 0. The van der Waals surface area contributed by atoms with Gasteiger partial charge in [0.2, 0.25) is 5.95 Å². The highest BCUT2D eigenvalue weighted by Gasteiger charge is 2.20. The third-order valence-electron chi connectivity index (χ3n) is 1.70. The lowest BCUT2D eigenvalue weighted by atomic mass is 9.90.